The second-order valence-corrected chi connectivity index (χ2v) is 7.17. The minimum atomic E-state index is -0.405. The Morgan fingerprint density at radius 2 is 1.89 bits per heavy atom. The summed E-state index contributed by atoms with van der Waals surface area (Å²) < 4.78 is 8.12. The highest BCUT2D eigenvalue weighted by atomic mass is 79.9. The van der Waals surface area contributed by atoms with E-state index in [4.69, 9.17) is 4.74 Å². The van der Waals surface area contributed by atoms with Crippen molar-refractivity contribution in [3.05, 3.63) is 64.8 Å². The molecule has 0 unspecified atom stereocenters. The summed E-state index contributed by atoms with van der Waals surface area (Å²) in [6, 6.07) is 14.7. The van der Waals surface area contributed by atoms with E-state index < -0.39 is 5.91 Å². The monoisotopic (exact) mass is 429 g/mol. The Bertz CT molecular complexity index is 982. The van der Waals surface area contributed by atoms with Crippen LogP contribution in [0.1, 0.15) is 24.2 Å². The third-order valence-electron chi connectivity index (χ3n) is 3.87. The summed E-state index contributed by atoms with van der Waals surface area (Å²) in [4.78, 5) is 24.4. The Morgan fingerprint density at radius 1 is 1.11 bits per heavy atom. The number of hydrazine groups is 1. The Labute approximate surface area is 165 Å². The summed E-state index contributed by atoms with van der Waals surface area (Å²) in [6.45, 7) is 3.96. The third-order valence-corrected chi connectivity index (χ3v) is 4.49. The second-order valence-electron chi connectivity index (χ2n) is 6.32. The number of hydrogen-bond donors (Lipinski definition) is 2. The van der Waals surface area contributed by atoms with Gasteiger partial charge in [0.05, 0.1) is 10.6 Å². The first-order chi connectivity index (χ1) is 12.9. The summed E-state index contributed by atoms with van der Waals surface area (Å²) in [5.41, 5.74) is 6.25. The van der Waals surface area contributed by atoms with Crippen LogP contribution in [0.4, 0.5) is 0 Å². The molecule has 140 valence electrons. The number of hydrogen-bond acceptors (Lipinski definition) is 3. The van der Waals surface area contributed by atoms with Gasteiger partial charge in [-0.05, 0) is 65.5 Å². The van der Waals surface area contributed by atoms with E-state index >= 15 is 0 Å². The van der Waals surface area contributed by atoms with Gasteiger partial charge in [-0.2, -0.15) is 0 Å². The smallest absolute Gasteiger partial charge is 0.269 e. The highest BCUT2D eigenvalue weighted by Gasteiger charge is 2.12. The standard InChI is InChI=1S/C20H20BrN3O3/c1-13(2)27-18-8-7-15(11-16(18)21)20(26)23-22-19(25)12-24-10-9-14-5-3-4-6-17(14)24/h3-11,13H,12H2,1-2H3,(H,22,25)(H,23,26). The molecular formula is C20H20BrN3O3. The van der Waals surface area contributed by atoms with Crippen LogP contribution < -0.4 is 15.6 Å². The van der Waals surface area contributed by atoms with Gasteiger partial charge in [-0.3, -0.25) is 20.4 Å². The summed E-state index contributed by atoms with van der Waals surface area (Å²) >= 11 is 3.39. The first-order valence-corrected chi connectivity index (χ1v) is 9.32. The summed E-state index contributed by atoms with van der Waals surface area (Å²) in [5, 5.41) is 1.06. The Balaban J connectivity index is 1.58. The van der Waals surface area contributed by atoms with Crippen molar-refractivity contribution in [2.75, 3.05) is 0 Å². The van der Waals surface area contributed by atoms with Gasteiger partial charge in [-0.1, -0.05) is 18.2 Å². The van der Waals surface area contributed by atoms with Crippen LogP contribution in [0, 0.1) is 0 Å². The average molecular weight is 430 g/mol. The molecule has 0 bridgehead atoms. The van der Waals surface area contributed by atoms with Gasteiger partial charge in [0.2, 0.25) is 0 Å². The maximum absolute atomic E-state index is 12.3. The molecule has 2 amide bonds. The summed E-state index contributed by atoms with van der Waals surface area (Å²) in [6.07, 6.45) is 1.88. The molecule has 3 aromatic rings. The first-order valence-electron chi connectivity index (χ1n) is 8.53. The number of rotatable bonds is 5. The zero-order chi connectivity index (χ0) is 19.4. The summed E-state index contributed by atoms with van der Waals surface area (Å²) in [5.74, 6) is -0.0638. The Hall–Kier alpha value is -2.80. The molecule has 0 spiro atoms. The van der Waals surface area contributed by atoms with E-state index in [0.29, 0.717) is 15.8 Å². The quantitative estimate of drug-likeness (QED) is 0.607. The molecular weight excluding hydrogens is 410 g/mol. The molecule has 27 heavy (non-hydrogen) atoms. The normalized spacial score (nSPS) is 10.8. The zero-order valence-electron chi connectivity index (χ0n) is 15.0. The van der Waals surface area contributed by atoms with Crippen LogP contribution >= 0.6 is 15.9 Å². The van der Waals surface area contributed by atoms with E-state index in [1.54, 1.807) is 18.2 Å². The van der Waals surface area contributed by atoms with E-state index in [-0.39, 0.29) is 18.6 Å². The SMILES string of the molecule is CC(C)Oc1ccc(C(=O)NNC(=O)Cn2ccc3ccccc32)cc1Br. The lowest BCUT2D eigenvalue weighted by Crippen LogP contribution is -2.43. The first kappa shape index (κ1) is 19.0. The van der Waals surface area contributed by atoms with Gasteiger partial charge < -0.3 is 9.30 Å². The second kappa shape index (κ2) is 8.26. The maximum atomic E-state index is 12.3. The van der Waals surface area contributed by atoms with Crippen molar-refractivity contribution in [1.82, 2.24) is 15.4 Å². The fourth-order valence-electron chi connectivity index (χ4n) is 2.66. The van der Waals surface area contributed by atoms with E-state index in [1.165, 1.54) is 0 Å². The van der Waals surface area contributed by atoms with Gasteiger partial charge in [-0.25, -0.2) is 0 Å². The highest BCUT2D eigenvalue weighted by Crippen LogP contribution is 2.26. The van der Waals surface area contributed by atoms with Crippen LogP contribution in [-0.4, -0.2) is 22.5 Å². The number of carbonyl (C=O) groups is 2. The van der Waals surface area contributed by atoms with E-state index in [1.807, 2.05) is 54.9 Å². The lowest BCUT2D eigenvalue weighted by atomic mass is 10.2. The summed E-state index contributed by atoms with van der Waals surface area (Å²) in [7, 11) is 0. The van der Waals surface area contributed by atoms with Crippen LogP contribution in [-0.2, 0) is 11.3 Å². The fourth-order valence-corrected chi connectivity index (χ4v) is 3.14. The number of amides is 2. The van der Waals surface area contributed by atoms with Crippen molar-refractivity contribution < 1.29 is 14.3 Å². The molecule has 6 nitrogen and oxygen atoms in total. The predicted octanol–water partition coefficient (Wildman–Crippen LogP) is 3.65. The Morgan fingerprint density at radius 3 is 2.63 bits per heavy atom. The molecule has 0 aliphatic carbocycles. The van der Waals surface area contributed by atoms with Crippen LogP contribution in [0.25, 0.3) is 10.9 Å². The van der Waals surface area contributed by atoms with E-state index in [0.717, 1.165) is 10.9 Å². The van der Waals surface area contributed by atoms with Crippen LogP contribution in [0.3, 0.4) is 0 Å². The molecule has 7 heteroatoms. The molecule has 0 saturated carbocycles. The molecule has 1 aromatic heterocycles. The van der Waals surface area contributed by atoms with Crippen molar-refractivity contribution >= 4 is 38.6 Å². The highest BCUT2D eigenvalue weighted by molar-refractivity contribution is 9.10. The van der Waals surface area contributed by atoms with E-state index in [2.05, 4.69) is 26.8 Å². The van der Waals surface area contributed by atoms with Crippen LogP contribution in [0.15, 0.2) is 59.2 Å². The number of nitrogens with one attached hydrogen (secondary N) is 2. The van der Waals surface area contributed by atoms with Crippen molar-refractivity contribution in [2.24, 2.45) is 0 Å². The van der Waals surface area contributed by atoms with Crippen molar-refractivity contribution in [2.45, 2.75) is 26.5 Å². The molecule has 2 aromatic carbocycles. The minimum absolute atomic E-state index is 0.0324. The zero-order valence-corrected chi connectivity index (χ0v) is 16.6. The number of fused-ring (bicyclic) bond motifs is 1. The van der Waals surface area contributed by atoms with Crippen molar-refractivity contribution in [1.29, 1.82) is 0 Å². The van der Waals surface area contributed by atoms with E-state index in [9.17, 15) is 9.59 Å². The Kier molecular flexibility index (Phi) is 5.81. The maximum Gasteiger partial charge on any atom is 0.269 e. The number of benzene rings is 2. The van der Waals surface area contributed by atoms with Gasteiger partial charge in [0.1, 0.15) is 12.3 Å². The lowest BCUT2D eigenvalue weighted by molar-refractivity contribution is -0.122. The number of halogens is 1. The van der Waals surface area contributed by atoms with Gasteiger partial charge in [0.15, 0.2) is 0 Å². The molecule has 0 saturated heterocycles. The molecule has 2 N–H and O–H groups in total. The van der Waals surface area contributed by atoms with Gasteiger partial charge in [0.25, 0.3) is 11.8 Å². The predicted molar refractivity (Wildman–Crippen MR) is 107 cm³/mol. The molecule has 0 radical (unpaired) electrons. The molecule has 0 aliphatic rings. The number of ether oxygens (including phenoxy) is 1. The lowest BCUT2D eigenvalue weighted by Gasteiger charge is -2.13. The van der Waals surface area contributed by atoms with Crippen LogP contribution in [0.2, 0.25) is 0 Å². The molecule has 0 atom stereocenters. The van der Waals surface area contributed by atoms with Crippen LogP contribution in [0.5, 0.6) is 5.75 Å². The van der Waals surface area contributed by atoms with Gasteiger partial charge in [-0.15, -0.1) is 0 Å². The van der Waals surface area contributed by atoms with Gasteiger partial charge >= 0.3 is 0 Å². The largest absolute Gasteiger partial charge is 0.490 e. The number of nitrogens with zero attached hydrogens (tertiary/aromatic N) is 1. The molecule has 1 heterocycles. The van der Waals surface area contributed by atoms with Gasteiger partial charge in [0, 0.05) is 17.3 Å². The van der Waals surface area contributed by atoms with Crippen molar-refractivity contribution in [3.63, 3.8) is 0 Å². The topological polar surface area (TPSA) is 72.4 Å². The molecule has 0 aliphatic heterocycles. The number of para-hydroxylation sites is 1. The number of carbonyl (C=O) groups excluding carboxylic acids is 2. The average Bonchev–Trinajstić information content (AvgIpc) is 3.04. The fraction of sp³-hybridized carbons (Fsp3) is 0.200. The molecule has 3 rings (SSSR count). The number of aromatic nitrogens is 1. The minimum Gasteiger partial charge on any atom is -0.490 e. The third kappa shape index (κ3) is 4.68. The van der Waals surface area contributed by atoms with Crippen molar-refractivity contribution in [3.8, 4) is 5.75 Å². The molecule has 0 fully saturated rings.